The van der Waals surface area contributed by atoms with Crippen molar-refractivity contribution in [1.82, 2.24) is 10.2 Å². The van der Waals surface area contributed by atoms with E-state index in [-0.39, 0.29) is 23.0 Å². The van der Waals surface area contributed by atoms with Gasteiger partial charge >= 0.3 is 0 Å². The average Bonchev–Trinajstić information content (AvgIpc) is 2.80. The predicted octanol–water partition coefficient (Wildman–Crippen LogP) is 2.84. The molecule has 2 aromatic carbocycles. The topological polar surface area (TPSA) is 139 Å². The minimum Gasteiger partial charge on any atom is -0.495 e. The van der Waals surface area contributed by atoms with E-state index in [1.165, 1.54) is 44.2 Å². The lowest BCUT2D eigenvalue weighted by Gasteiger charge is -2.31. The van der Waals surface area contributed by atoms with Crippen molar-refractivity contribution >= 4 is 56.4 Å². The van der Waals surface area contributed by atoms with Gasteiger partial charge in [-0.1, -0.05) is 29.3 Å². The Morgan fingerprint density at radius 1 is 1.17 bits per heavy atom. The van der Waals surface area contributed by atoms with Crippen LogP contribution in [0.5, 0.6) is 5.75 Å². The molecule has 2 rings (SSSR count). The maximum Gasteiger partial charge on any atom is 0.271 e. The zero-order valence-electron chi connectivity index (χ0n) is 19.3. The number of non-ortho nitro benzene ring substituents is 1. The quantitative estimate of drug-likeness (QED) is 0.357. The van der Waals surface area contributed by atoms with Gasteiger partial charge in [0.05, 0.1) is 28.3 Å². The van der Waals surface area contributed by atoms with Gasteiger partial charge in [-0.3, -0.25) is 24.0 Å². The third-order valence-corrected chi connectivity index (χ3v) is 6.94. The number of amides is 2. The van der Waals surface area contributed by atoms with Gasteiger partial charge in [0.2, 0.25) is 21.8 Å². The molecule has 1 N–H and O–H groups in total. The average molecular weight is 547 g/mol. The van der Waals surface area contributed by atoms with Crippen LogP contribution in [0.3, 0.4) is 0 Å². The number of carbonyl (C=O) groups excluding carboxylic acids is 2. The normalized spacial score (nSPS) is 11.9. The van der Waals surface area contributed by atoms with Crippen LogP contribution in [-0.2, 0) is 26.2 Å². The lowest BCUT2D eigenvalue weighted by Crippen LogP contribution is -2.50. The highest BCUT2D eigenvalue weighted by Crippen LogP contribution is 2.34. The summed E-state index contributed by atoms with van der Waals surface area (Å²) in [5.74, 6) is -1.23. The summed E-state index contributed by atoms with van der Waals surface area (Å²) < 4.78 is 31.2. The van der Waals surface area contributed by atoms with Crippen LogP contribution in [-0.4, -0.2) is 63.1 Å². The summed E-state index contributed by atoms with van der Waals surface area (Å²) >= 11 is 12.0. The van der Waals surface area contributed by atoms with Crippen molar-refractivity contribution in [3.63, 3.8) is 0 Å². The van der Waals surface area contributed by atoms with Crippen LogP contribution in [0.4, 0.5) is 11.4 Å². The number of nitro groups is 1. The molecule has 2 amide bonds. The molecule has 0 spiro atoms. The molecule has 2 aromatic rings. The van der Waals surface area contributed by atoms with Gasteiger partial charge < -0.3 is 15.0 Å². The minimum atomic E-state index is -4.11. The molecule has 0 aliphatic rings. The third-order valence-electron chi connectivity index (χ3n) is 5.07. The number of hydrogen-bond acceptors (Lipinski definition) is 7. The Bertz CT molecular complexity index is 1240. The Kier molecular flexibility index (Phi) is 9.30. The molecule has 190 valence electrons. The second-order valence-corrected chi connectivity index (χ2v) is 10.2. The minimum absolute atomic E-state index is 0.00390. The molecule has 1 atom stereocenters. The fourth-order valence-electron chi connectivity index (χ4n) is 3.21. The van der Waals surface area contributed by atoms with Gasteiger partial charge in [0.15, 0.2) is 0 Å². The Hall–Kier alpha value is -3.09. The van der Waals surface area contributed by atoms with E-state index >= 15 is 0 Å². The van der Waals surface area contributed by atoms with Gasteiger partial charge in [-0.25, -0.2) is 8.42 Å². The van der Waals surface area contributed by atoms with Crippen LogP contribution < -0.4 is 14.4 Å². The maximum atomic E-state index is 13.4. The van der Waals surface area contributed by atoms with Crippen molar-refractivity contribution in [2.24, 2.45) is 0 Å². The number of benzene rings is 2. The number of carbonyl (C=O) groups is 2. The van der Waals surface area contributed by atoms with Gasteiger partial charge in [0, 0.05) is 25.7 Å². The highest BCUT2D eigenvalue weighted by Gasteiger charge is 2.31. The highest BCUT2D eigenvalue weighted by molar-refractivity contribution is 7.92. The van der Waals surface area contributed by atoms with E-state index in [0.717, 1.165) is 18.4 Å². The van der Waals surface area contributed by atoms with Crippen LogP contribution >= 0.6 is 23.2 Å². The van der Waals surface area contributed by atoms with Crippen LogP contribution in [0.25, 0.3) is 0 Å². The molecule has 0 unspecified atom stereocenters. The molecule has 0 fully saturated rings. The number of hydrogen-bond donors (Lipinski definition) is 1. The number of anilines is 1. The zero-order chi connectivity index (χ0) is 26.5. The van der Waals surface area contributed by atoms with Gasteiger partial charge in [-0.05, 0) is 30.7 Å². The van der Waals surface area contributed by atoms with Gasteiger partial charge in [0.25, 0.3) is 5.69 Å². The largest absolute Gasteiger partial charge is 0.495 e. The fourth-order valence-corrected chi connectivity index (χ4v) is 4.37. The van der Waals surface area contributed by atoms with Crippen LogP contribution in [0.15, 0.2) is 36.4 Å². The number of sulfonamides is 1. The SMILES string of the molecule is CNC(=O)[C@@H](C)N(Cc1ccc(Cl)c(Cl)c1)C(=O)CN(c1cc([N+](=O)[O-])ccc1OC)S(C)(=O)=O. The second kappa shape index (κ2) is 11.6. The molecule has 14 heteroatoms. The molecule has 0 bridgehead atoms. The first kappa shape index (κ1) is 28.1. The van der Waals surface area contributed by atoms with Crippen molar-refractivity contribution in [2.45, 2.75) is 19.5 Å². The molecule has 11 nitrogen and oxygen atoms in total. The maximum absolute atomic E-state index is 13.4. The number of halogens is 2. The first-order valence-electron chi connectivity index (χ1n) is 10.0. The van der Waals surface area contributed by atoms with E-state index in [2.05, 4.69) is 5.32 Å². The molecule has 0 saturated heterocycles. The second-order valence-electron chi connectivity index (χ2n) is 7.44. The molecule has 0 radical (unpaired) electrons. The summed E-state index contributed by atoms with van der Waals surface area (Å²) in [6, 6.07) is 7.06. The first-order valence-corrected chi connectivity index (χ1v) is 12.7. The van der Waals surface area contributed by atoms with Crippen molar-refractivity contribution < 1.29 is 27.7 Å². The van der Waals surface area contributed by atoms with E-state index in [4.69, 9.17) is 27.9 Å². The van der Waals surface area contributed by atoms with Crippen LogP contribution in [0, 0.1) is 10.1 Å². The van der Waals surface area contributed by atoms with E-state index in [9.17, 15) is 28.1 Å². The number of rotatable bonds is 10. The highest BCUT2D eigenvalue weighted by atomic mass is 35.5. The number of nitrogens with zero attached hydrogens (tertiary/aromatic N) is 3. The van der Waals surface area contributed by atoms with E-state index < -0.39 is 45.0 Å². The molecule has 0 aliphatic carbocycles. The molecule has 0 saturated carbocycles. The Labute approximate surface area is 212 Å². The predicted molar refractivity (Wildman–Crippen MR) is 132 cm³/mol. The van der Waals surface area contributed by atoms with Crippen LogP contribution in [0.1, 0.15) is 12.5 Å². The number of nitro benzene ring substituents is 1. The third kappa shape index (κ3) is 6.96. The first-order chi connectivity index (χ1) is 16.3. The van der Waals surface area contributed by atoms with Crippen molar-refractivity contribution in [3.05, 3.63) is 62.1 Å². The molecular weight excluding hydrogens is 523 g/mol. The summed E-state index contributed by atoms with van der Waals surface area (Å²) in [6.45, 7) is 0.639. The molecular formula is C21H24Cl2N4O7S. The van der Waals surface area contributed by atoms with Gasteiger partial charge in [-0.15, -0.1) is 0 Å². The monoisotopic (exact) mass is 546 g/mol. The number of nitrogens with one attached hydrogen (secondary N) is 1. The van der Waals surface area contributed by atoms with E-state index in [0.29, 0.717) is 14.9 Å². The Morgan fingerprint density at radius 3 is 2.34 bits per heavy atom. The summed E-state index contributed by atoms with van der Waals surface area (Å²) in [5, 5.41) is 14.3. The van der Waals surface area contributed by atoms with E-state index in [1.807, 2.05) is 0 Å². The van der Waals surface area contributed by atoms with Gasteiger partial charge in [0.1, 0.15) is 24.0 Å². The molecule has 35 heavy (non-hydrogen) atoms. The lowest BCUT2D eigenvalue weighted by atomic mass is 10.1. The number of likely N-dealkylation sites (N-methyl/N-ethyl adjacent to an activating group) is 1. The van der Waals surface area contributed by atoms with Crippen molar-refractivity contribution in [3.8, 4) is 5.75 Å². The summed E-state index contributed by atoms with van der Waals surface area (Å²) in [7, 11) is -1.45. The zero-order valence-corrected chi connectivity index (χ0v) is 21.6. The number of ether oxygens (including phenoxy) is 1. The van der Waals surface area contributed by atoms with E-state index in [1.54, 1.807) is 6.07 Å². The Balaban J connectivity index is 2.52. The standard InChI is InChI=1S/C21H24Cl2N4O7S/c1-13(21(29)24-2)25(11-14-5-7-16(22)17(23)9-14)20(28)12-26(35(4,32)33)18-10-15(27(30)31)6-8-19(18)34-3/h5-10,13H,11-12H2,1-4H3,(H,24,29)/t13-/m1/s1. The smallest absolute Gasteiger partial charge is 0.271 e. The van der Waals surface area contributed by atoms with Gasteiger partial charge in [-0.2, -0.15) is 0 Å². The summed E-state index contributed by atoms with van der Waals surface area (Å²) in [5.41, 5.74) is -0.0461. The molecule has 0 heterocycles. The van der Waals surface area contributed by atoms with Crippen LogP contribution in [0.2, 0.25) is 10.0 Å². The fraction of sp³-hybridized carbons (Fsp3) is 0.333. The summed E-state index contributed by atoms with van der Waals surface area (Å²) in [4.78, 5) is 37.5. The van der Waals surface area contributed by atoms with Crippen molar-refractivity contribution in [1.29, 1.82) is 0 Å². The summed E-state index contributed by atoms with van der Waals surface area (Å²) in [6.07, 6.45) is 0.851. The molecule has 0 aromatic heterocycles. The lowest BCUT2D eigenvalue weighted by molar-refractivity contribution is -0.384. The Morgan fingerprint density at radius 2 is 1.83 bits per heavy atom. The van der Waals surface area contributed by atoms with Crippen molar-refractivity contribution in [2.75, 3.05) is 31.3 Å². The number of methoxy groups -OCH3 is 1. The molecule has 0 aliphatic heterocycles.